The Balaban J connectivity index is 1.51. The molecule has 4 aromatic rings. The number of benzene rings is 3. The lowest BCUT2D eigenvalue weighted by atomic mass is 9.76. The van der Waals surface area contributed by atoms with Crippen molar-refractivity contribution in [3.63, 3.8) is 0 Å². The molecular weight excluding hydrogens is 444 g/mol. The van der Waals surface area contributed by atoms with Crippen molar-refractivity contribution in [1.29, 1.82) is 0 Å². The number of nitrogens with zero attached hydrogens (tertiary/aromatic N) is 2. The van der Waals surface area contributed by atoms with Crippen LogP contribution in [0.4, 0.5) is 0 Å². The summed E-state index contributed by atoms with van der Waals surface area (Å²) in [6, 6.07) is 30.3. The number of hydrogen-bond acceptors (Lipinski definition) is 3. The Labute approximate surface area is 213 Å². The zero-order valence-electron chi connectivity index (χ0n) is 21.4. The van der Waals surface area contributed by atoms with E-state index in [2.05, 4.69) is 67.7 Å². The van der Waals surface area contributed by atoms with Gasteiger partial charge in [0, 0.05) is 22.6 Å². The average molecular weight is 477 g/mol. The van der Waals surface area contributed by atoms with E-state index in [1.54, 1.807) is 0 Å². The summed E-state index contributed by atoms with van der Waals surface area (Å²) < 4.78 is 2.31. The molecule has 0 saturated heterocycles. The number of carbonyl (C=O) groups excluding carboxylic acids is 1. The van der Waals surface area contributed by atoms with Crippen LogP contribution in [0.25, 0.3) is 5.69 Å². The molecule has 4 heteroatoms. The number of hydrogen-bond donors (Lipinski definition) is 0. The van der Waals surface area contributed by atoms with Gasteiger partial charge in [-0.15, -0.1) is 0 Å². The van der Waals surface area contributed by atoms with Gasteiger partial charge in [0.05, 0.1) is 5.71 Å². The van der Waals surface area contributed by atoms with E-state index in [0.29, 0.717) is 0 Å². The second-order valence-electron chi connectivity index (χ2n) is 10.5. The second-order valence-corrected chi connectivity index (χ2v) is 10.5. The molecule has 0 saturated carbocycles. The van der Waals surface area contributed by atoms with Gasteiger partial charge in [0.1, 0.15) is 5.92 Å². The Bertz CT molecular complexity index is 1360. The first-order valence-corrected chi connectivity index (χ1v) is 12.5. The van der Waals surface area contributed by atoms with Crippen molar-refractivity contribution in [3.05, 3.63) is 125 Å². The minimum absolute atomic E-state index is 0.0102. The van der Waals surface area contributed by atoms with Crippen LogP contribution < -0.4 is 0 Å². The molecule has 1 aliphatic rings. The lowest BCUT2D eigenvalue weighted by Crippen LogP contribution is -2.29. The van der Waals surface area contributed by atoms with Crippen molar-refractivity contribution in [2.45, 2.75) is 46.5 Å². The summed E-state index contributed by atoms with van der Waals surface area (Å²) in [6.45, 7) is 8.70. The Morgan fingerprint density at radius 3 is 2.03 bits per heavy atom. The van der Waals surface area contributed by atoms with Gasteiger partial charge >= 0.3 is 5.97 Å². The summed E-state index contributed by atoms with van der Waals surface area (Å²) in [5, 5.41) is 4.51. The molecule has 0 bridgehead atoms. The third kappa shape index (κ3) is 4.76. The zero-order chi connectivity index (χ0) is 25.3. The number of rotatable bonds is 5. The van der Waals surface area contributed by atoms with Crippen LogP contribution in [0.1, 0.15) is 59.8 Å². The molecule has 0 radical (unpaired) electrons. The van der Waals surface area contributed by atoms with Crippen LogP contribution >= 0.6 is 0 Å². The van der Waals surface area contributed by atoms with Crippen molar-refractivity contribution in [3.8, 4) is 5.69 Å². The highest BCUT2D eigenvalue weighted by molar-refractivity contribution is 6.03. The van der Waals surface area contributed by atoms with E-state index >= 15 is 0 Å². The van der Waals surface area contributed by atoms with Crippen LogP contribution in [0.2, 0.25) is 0 Å². The predicted octanol–water partition coefficient (Wildman–Crippen LogP) is 7.15. The molecule has 1 heterocycles. The van der Waals surface area contributed by atoms with Gasteiger partial charge in [0.25, 0.3) is 0 Å². The minimum atomic E-state index is -0.535. The summed E-state index contributed by atoms with van der Waals surface area (Å²) in [7, 11) is 0. The molecule has 0 atom stereocenters. The van der Waals surface area contributed by atoms with Crippen LogP contribution in [0.15, 0.2) is 96.2 Å². The summed E-state index contributed by atoms with van der Waals surface area (Å²) in [6.07, 6.45) is 1.67. The number of fused-ring (bicyclic) bond motifs is 1. The summed E-state index contributed by atoms with van der Waals surface area (Å²) in [5.41, 5.74) is 8.39. The van der Waals surface area contributed by atoms with Gasteiger partial charge in [0.15, 0.2) is 0 Å². The predicted molar refractivity (Wildman–Crippen MR) is 145 cm³/mol. The highest BCUT2D eigenvalue weighted by atomic mass is 16.7. The third-order valence-electron chi connectivity index (χ3n) is 6.93. The molecule has 36 heavy (non-hydrogen) atoms. The molecule has 4 nitrogen and oxygen atoms in total. The Kier molecular flexibility index (Phi) is 6.36. The second kappa shape index (κ2) is 9.62. The smallest absolute Gasteiger partial charge is 0.318 e. The molecule has 1 aliphatic carbocycles. The molecule has 0 unspecified atom stereocenters. The van der Waals surface area contributed by atoms with Gasteiger partial charge in [-0.2, -0.15) is 0 Å². The SMILES string of the molecule is Cc1ccc(-n2c(C)cc3c2CC(C)(C)C/C3=N\OC(=O)C(c2ccccc2)c2ccccc2)cc1. The number of oxime groups is 1. The van der Waals surface area contributed by atoms with Crippen LogP contribution in [0, 0.1) is 19.3 Å². The fraction of sp³-hybridized carbons (Fsp3) is 0.250. The zero-order valence-corrected chi connectivity index (χ0v) is 21.4. The normalized spacial score (nSPS) is 15.6. The van der Waals surface area contributed by atoms with Gasteiger partial charge in [-0.05, 0) is 61.4 Å². The summed E-state index contributed by atoms with van der Waals surface area (Å²) in [4.78, 5) is 19.2. The number of aromatic nitrogens is 1. The van der Waals surface area contributed by atoms with Crippen molar-refractivity contribution in [2.24, 2.45) is 10.6 Å². The van der Waals surface area contributed by atoms with Crippen LogP contribution in [-0.4, -0.2) is 16.2 Å². The number of aryl methyl sites for hydroxylation is 2. The standard InChI is InChI=1S/C32H32N2O2/c1-22-15-17-26(18-16-22)34-23(2)19-27-28(20-32(3,4)21-29(27)34)33-36-31(35)30(24-11-7-5-8-12-24)25-13-9-6-10-14-25/h5-19,30H,20-21H2,1-4H3/b33-28+. The van der Waals surface area contributed by atoms with Gasteiger partial charge < -0.3 is 9.40 Å². The molecule has 0 amide bonds. The first-order valence-electron chi connectivity index (χ1n) is 12.5. The highest BCUT2D eigenvalue weighted by Crippen LogP contribution is 2.38. The Morgan fingerprint density at radius 2 is 1.44 bits per heavy atom. The molecule has 3 aromatic carbocycles. The molecule has 5 rings (SSSR count). The van der Waals surface area contributed by atoms with E-state index < -0.39 is 5.92 Å². The van der Waals surface area contributed by atoms with Crippen molar-refractivity contribution in [1.82, 2.24) is 4.57 Å². The molecule has 0 spiro atoms. The van der Waals surface area contributed by atoms with Gasteiger partial charge in [-0.1, -0.05) is 97.4 Å². The topological polar surface area (TPSA) is 43.6 Å². The van der Waals surface area contributed by atoms with E-state index in [0.717, 1.165) is 46.6 Å². The first-order chi connectivity index (χ1) is 17.3. The lowest BCUT2D eigenvalue weighted by molar-refractivity contribution is -0.144. The maximum atomic E-state index is 13.5. The van der Waals surface area contributed by atoms with Crippen LogP contribution in [0.3, 0.4) is 0 Å². The molecule has 0 aliphatic heterocycles. The molecular formula is C32H32N2O2. The average Bonchev–Trinajstić information content (AvgIpc) is 3.19. The molecule has 1 aromatic heterocycles. The van der Waals surface area contributed by atoms with Crippen molar-refractivity contribution in [2.75, 3.05) is 0 Å². The highest BCUT2D eigenvalue weighted by Gasteiger charge is 2.34. The van der Waals surface area contributed by atoms with Crippen LogP contribution in [0.5, 0.6) is 0 Å². The summed E-state index contributed by atoms with van der Waals surface area (Å²) in [5.74, 6) is -0.911. The molecule has 0 fully saturated rings. The maximum Gasteiger partial charge on any atom is 0.346 e. The van der Waals surface area contributed by atoms with E-state index in [9.17, 15) is 4.79 Å². The minimum Gasteiger partial charge on any atom is -0.318 e. The van der Waals surface area contributed by atoms with Crippen LogP contribution in [-0.2, 0) is 16.1 Å². The third-order valence-corrected chi connectivity index (χ3v) is 6.93. The largest absolute Gasteiger partial charge is 0.346 e. The van der Waals surface area contributed by atoms with E-state index in [1.807, 2.05) is 60.7 Å². The lowest BCUT2D eigenvalue weighted by Gasteiger charge is -2.31. The molecule has 0 N–H and O–H groups in total. The van der Waals surface area contributed by atoms with Crippen molar-refractivity contribution < 1.29 is 9.63 Å². The fourth-order valence-corrected chi connectivity index (χ4v) is 5.22. The Morgan fingerprint density at radius 1 is 0.861 bits per heavy atom. The fourth-order valence-electron chi connectivity index (χ4n) is 5.22. The Hall–Kier alpha value is -3.92. The van der Waals surface area contributed by atoms with Gasteiger partial charge in [-0.25, -0.2) is 4.79 Å². The van der Waals surface area contributed by atoms with Gasteiger partial charge in [0.2, 0.25) is 0 Å². The van der Waals surface area contributed by atoms with Gasteiger partial charge in [-0.3, -0.25) is 0 Å². The van der Waals surface area contributed by atoms with E-state index in [4.69, 9.17) is 4.84 Å². The monoisotopic (exact) mass is 476 g/mol. The van der Waals surface area contributed by atoms with Crippen molar-refractivity contribution >= 4 is 11.7 Å². The molecule has 182 valence electrons. The number of carbonyl (C=O) groups is 1. The quantitative estimate of drug-likeness (QED) is 0.227. The summed E-state index contributed by atoms with van der Waals surface area (Å²) >= 11 is 0. The first kappa shape index (κ1) is 23.8. The van der Waals surface area contributed by atoms with E-state index in [1.165, 1.54) is 11.3 Å². The van der Waals surface area contributed by atoms with E-state index in [-0.39, 0.29) is 11.4 Å². The maximum absolute atomic E-state index is 13.5.